The number of aryl methyl sites for hydroxylation is 1. The number of aromatic nitrogens is 2. The van der Waals surface area contributed by atoms with E-state index in [0.29, 0.717) is 23.6 Å². The molecule has 1 atom stereocenters. The lowest BCUT2D eigenvalue weighted by Crippen LogP contribution is -2.25. The summed E-state index contributed by atoms with van der Waals surface area (Å²) in [5.41, 5.74) is 4.91. The van der Waals surface area contributed by atoms with Gasteiger partial charge in [-0.1, -0.05) is 12.1 Å². The van der Waals surface area contributed by atoms with Crippen LogP contribution < -0.4 is 10.6 Å². The van der Waals surface area contributed by atoms with Gasteiger partial charge in [-0.3, -0.25) is 4.79 Å². The molecule has 1 aliphatic carbocycles. The molecule has 0 bridgehead atoms. The number of carbonyl (C=O) groups is 1. The summed E-state index contributed by atoms with van der Waals surface area (Å²) in [5, 5.41) is 7.51. The molecular weight excluding hydrogens is 374 g/mol. The summed E-state index contributed by atoms with van der Waals surface area (Å²) in [5.74, 6) is 0.696. The molecule has 2 heterocycles. The Bertz CT molecular complexity index is 1110. The predicted molar refractivity (Wildman–Crippen MR) is 120 cm³/mol. The second-order valence-corrected chi connectivity index (χ2v) is 8.64. The summed E-state index contributed by atoms with van der Waals surface area (Å²) in [6.07, 6.45) is 5.17. The van der Waals surface area contributed by atoms with Gasteiger partial charge in [0.05, 0.1) is 5.52 Å². The van der Waals surface area contributed by atoms with E-state index in [2.05, 4.69) is 46.6 Å². The number of carbonyl (C=O) groups excluding carboxylic acids is 1. The maximum Gasteiger partial charge on any atom is 0.251 e. The van der Waals surface area contributed by atoms with Crippen LogP contribution in [0.1, 0.15) is 35.2 Å². The lowest BCUT2D eigenvalue weighted by Gasteiger charge is -2.13. The quantitative estimate of drug-likeness (QED) is 0.683. The van der Waals surface area contributed by atoms with Crippen molar-refractivity contribution in [3.8, 4) is 11.1 Å². The van der Waals surface area contributed by atoms with Gasteiger partial charge in [-0.15, -0.1) is 0 Å². The molecule has 1 aliphatic heterocycles. The Balaban J connectivity index is 1.40. The van der Waals surface area contributed by atoms with Crippen LogP contribution in [-0.4, -0.2) is 53.0 Å². The Kier molecular flexibility index (Phi) is 4.87. The Morgan fingerprint density at radius 1 is 1.10 bits per heavy atom. The number of rotatable bonds is 5. The van der Waals surface area contributed by atoms with Crippen LogP contribution in [0, 0.1) is 6.92 Å². The highest BCUT2D eigenvalue weighted by Crippen LogP contribution is 2.28. The zero-order chi connectivity index (χ0) is 20.7. The fourth-order valence-electron chi connectivity index (χ4n) is 4.08. The third-order valence-corrected chi connectivity index (χ3v) is 6.03. The summed E-state index contributed by atoms with van der Waals surface area (Å²) < 4.78 is 0. The number of hydrogen-bond acceptors (Lipinski definition) is 5. The van der Waals surface area contributed by atoms with Gasteiger partial charge in [0, 0.05) is 35.8 Å². The van der Waals surface area contributed by atoms with Crippen LogP contribution in [0.15, 0.2) is 42.6 Å². The molecule has 6 nitrogen and oxygen atoms in total. The van der Waals surface area contributed by atoms with Crippen molar-refractivity contribution >= 4 is 22.8 Å². The molecule has 1 amide bonds. The molecular formula is C24H27N5O. The highest BCUT2D eigenvalue weighted by molar-refractivity contribution is 5.96. The molecule has 1 unspecified atom stereocenters. The van der Waals surface area contributed by atoms with Gasteiger partial charge in [0.15, 0.2) is 0 Å². The van der Waals surface area contributed by atoms with Crippen LogP contribution >= 0.6 is 0 Å². The maximum atomic E-state index is 12.5. The van der Waals surface area contributed by atoms with Gasteiger partial charge in [0.1, 0.15) is 0 Å². The highest BCUT2D eigenvalue weighted by Gasteiger charge is 2.24. The number of amides is 1. The first kappa shape index (κ1) is 19.0. The summed E-state index contributed by atoms with van der Waals surface area (Å²) in [6.45, 7) is 4.19. The van der Waals surface area contributed by atoms with Gasteiger partial charge in [0.25, 0.3) is 5.91 Å². The van der Waals surface area contributed by atoms with E-state index in [-0.39, 0.29) is 5.91 Å². The monoisotopic (exact) mass is 401 g/mol. The average Bonchev–Trinajstić information content (AvgIpc) is 3.47. The lowest BCUT2D eigenvalue weighted by molar-refractivity contribution is 0.0951. The standard InChI is InChI=1S/C24H27N5O/c1-15-3-4-17(23(30)26-19-6-7-19)12-21(15)16-5-8-22-18(11-16)13-25-24(28-22)27-20-9-10-29(2)14-20/h3-5,8,11-13,19-20H,6-7,9-10,14H2,1-2H3,(H,26,30)(H,25,27,28). The SMILES string of the molecule is Cc1ccc(C(=O)NC2CC2)cc1-c1ccc2nc(NC3CCN(C)C3)ncc2c1. The zero-order valence-corrected chi connectivity index (χ0v) is 17.5. The largest absolute Gasteiger partial charge is 0.350 e. The van der Waals surface area contributed by atoms with Gasteiger partial charge in [-0.05, 0) is 80.7 Å². The fourth-order valence-corrected chi connectivity index (χ4v) is 4.08. The van der Waals surface area contributed by atoms with E-state index < -0.39 is 0 Å². The van der Waals surface area contributed by atoms with Crippen LogP contribution in [0.4, 0.5) is 5.95 Å². The second kappa shape index (κ2) is 7.69. The third-order valence-electron chi connectivity index (χ3n) is 6.03. The number of fused-ring (bicyclic) bond motifs is 1. The van der Waals surface area contributed by atoms with Crippen LogP contribution in [0.3, 0.4) is 0 Å². The Morgan fingerprint density at radius 2 is 1.97 bits per heavy atom. The number of nitrogens with zero attached hydrogens (tertiary/aromatic N) is 3. The molecule has 1 aromatic heterocycles. The van der Waals surface area contributed by atoms with Crippen molar-refractivity contribution in [1.29, 1.82) is 0 Å². The maximum absolute atomic E-state index is 12.5. The third kappa shape index (κ3) is 4.00. The minimum atomic E-state index is 0.0103. The van der Waals surface area contributed by atoms with Gasteiger partial charge >= 0.3 is 0 Å². The number of likely N-dealkylation sites (N-methyl/N-ethyl adjacent to an activating group) is 1. The Morgan fingerprint density at radius 3 is 2.73 bits per heavy atom. The van der Waals surface area contributed by atoms with E-state index >= 15 is 0 Å². The molecule has 0 spiro atoms. The number of nitrogens with one attached hydrogen (secondary N) is 2. The molecule has 2 aliphatic rings. The number of benzene rings is 2. The second-order valence-electron chi connectivity index (χ2n) is 8.64. The first-order valence-electron chi connectivity index (χ1n) is 10.7. The molecule has 30 heavy (non-hydrogen) atoms. The van der Waals surface area contributed by atoms with Crippen molar-refractivity contribution in [3.05, 3.63) is 53.7 Å². The van der Waals surface area contributed by atoms with E-state index in [9.17, 15) is 4.79 Å². The number of hydrogen-bond donors (Lipinski definition) is 2. The Labute approximate surface area is 176 Å². The van der Waals surface area contributed by atoms with Gasteiger partial charge in [0.2, 0.25) is 5.95 Å². The minimum Gasteiger partial charge on any atom is -0.350 e. The minimum absolute atomic E-state index is 0.0103. The molecule has 3 aromatic rings. The van der Waals surface area contributed by atoms with E-state index in [1.165, 1.54) is 0 Å². The molecule has 0 radical (unpaired) electrons. The fraction of sp³-hybridized carbons (Fsp3) is 0.375. The first-order chi connectivity index (χ1) is 14.5. The zero-order valence-electron chi connectivity index (χ0n) is 17.5. The molecule has 6 heteroatoms. The number of anilines is 1. The summed E-state index contributed by atoms with van der Waals surface area (Å²) in [4.78, 5) is 24.0. The highest BCUT2D eigenvalue weighted by atomic mass is 16.1. The smallest absolute Gasteiger partial charge is 0.251 e. The summed E-state index contributed by atoms with van der Waals surface area (Å²) >= 11 is 0. The van der Waals surface area contributed by atoms with Crippen molar-refractivity contribution in [2.75, 3.05) is 25.5 Å². The molecule has 1 saturated carbocycles. The van der Waals surface area contributed by atoms with Crippen molar-refractivity contribution < 1.29 is 4.79 Å². The number of likely N-dealkylation sites (tertiary alicyclic amines) is 1. The molecule has 154 valence electrons. The van der Waals surface area contributed by atoms with Gasteiger partial charge in [-0.2, -0.15) is 0 Å². The van der Waals surface area contributed by atoms with E-state index in [1.807, 2.05) is 30.5 Å². The van der Waals surface area contributed by atoms with E-state index in [0.717, 1.165) is 59.9 Å². The first-order valence-corrected chi connectivity index (χ1v) is 10.7. The van der Waals surface area contributed by atoms with Gasteiger partial charge in [-0.25, -0.2) is 9.97 Å². The van der Waals surface area contributed by atoms with Crippen molar-refractivity contribution in [3.63, 3.8) is 0 Å². The average molecular weight is 402 g/mol. The van der Waals surface area contributed by atoms with Crippen molar-refractivity contribution in [1.82, 2.24) is 20.2 Å². The normalized spacial score (nSPS) is 19.2. The Hall–Kier alpha value is -2.99. The molecule has 1 saturated heterocycles. The molecule has 5 rings (SSSR count). The van der Waals surface area contributed by atoms with Crippen LogP contribution in [0.25, 0.3) is 22.0 Å². The summed E-state index contributed by atoms with van der Waals surface area (Å²) in [6, 6.07) is 12.9. The lowest BCUT2D eigenvalue weighted by atomic mass is 9.97. The van der Waals surface area contributed by atoms with Crippen molar-refractivity contribution in [2.45, 2.75) is 38.3 Å². The van der Waals surface area contributed by atoms with E-state index in [4.69, 9.17) is 4.98 Å². The van der Waals surface area contributed by atoms with E-state index in [1.54, 1.807) is 0 Å². The molecule has 2 aromatic carbocycles. The molecule has 2 N–H and O–H groups in total. The summed E-state index contributed by atoms with van der Waals surface area (Å²) in [7, 11) is 2.14. The van der Waals surface area contributed by atoms with Gasteiger partial charge < -0.3 is 15.5 Å². The van der Waals surface area contributed by atoms with Crippen LogP contribution in [0.5, 0.6) is 0 Å². The molecule has 2 fully saturated rings. The van der Waals surface area contributed by atoms with Crippen molar-refractivity contribution in [2.24, 2.45) is 0 Å². The van der Waals surface area contributed by atoms with Crippen LogP contribution in [-0.2, 0) is 0 Å². The predicted octanol–water partition coefficient (Wildman–Crippen LogP) is 3.61. The van der Waals surface area contributed by atoms with Crippen LogP contribution in [0.2, 0.25) is 0 Å². The topological polar surface area (TPSA) is 70.2 Å².